The number of hydrogen-bond donors (Lipinski definition) is 1. The van der Waals surface area contributed by atoms with Gasteiger partial charge in [0, 0.05) is 5.75 Å². The average Bonchev–Trinajstić information content (AvgIpc) is 3.23. The Bertz CT molecular complexity index is 1100. The molecule has 1 aromatic heterocycles. The van der Waals surface area contributed by atoms with Crippen LogP contribution in [-0.4, -0.2) is 43.9 Å². The summed E-state index contributed by atoms with van der Waals surface area (Å²) >= 11 is 2.82. The van der Waals surface area contributed by atoms with Gasteiger partial charge in [-0.25, -0.2) is 8.42 Å². The number of aromatic nitrogens is 2. The molecular formula is C20H22N4O4S3. The molecule has 1 heterocycles. The van der Waals surface area contributed by atoms with Gasteiger partial charge < -0.3 is 4.74 Å². The first-order valence-electron chi connectivity index (χ1n) is 9.42. The molecule has 0 spiro atoms. The van der Waals surface area contributed by atoms with Gasteiger partial charge in [0.2, 0.25) is 11.0 Å². The molecule has 0 bridgehead atoms. The molecule has 0 atom stereocenters. The Morgan fingerprint density at radius 3 is 2.48 bits per heavy atom. The maximum Gasteiger partial charge on any atom is 0.264 e. The Kier molecular flexibility index (Phi) is 7.88. The van der Waals surface area contributed by atoms with Crippen LogP contribution in [0.15, 0.2) is 63.8 Å². The fourth-order valence-corrected chi connectivity index (χ4v) is 5.72. The van der Waals surface area contributed by atoms with E-state index in [9.17, 15) is 13.2 Å². The number of nitrogens with one attached hydrogen (secondary N) is 1. The number of benzene rings is 2. The van der Waals surface area contributed by atoms with Gasteiger partial charge in [0.15, 0.2) is 4.34 Å². The van der Waals surface area contributed by atoms with Crippen LogP contribution in [0.2, 0.25) is 0 Å². The lowest BCUT2D eigenvalue weighted by Crippen LogP contribution is -2.38. The lowest BCUT2D eigenvalue weighted by Gasteiger charge is -2.24. The van der Waals surface area contributed by atoms with Gasteiger partial charge in [-0.05, 0) is 42.8 Å². The summed E-state index contributed by atoms with van der Waals surface area (Å²) in [5.74, 6) is 0.970. The molecule has 3 aromatic rings. The normalized spacial score (nSPS) is 11.2. The number of amides is 1. The number of hydrogen-bond acceptors (Lipinski definition) is 8. The van der Waals surface area contributed by atoms with Crippen LogP contribution in [0, 0.1) is 0 Å². The van der Waals surface area contributed by atoms with Crippen LogP contribution in [0.3, 0.4) is 0 Å². The zero-order valence-corrected chi connectivity index (χ0v) is 19.5. The molecule has 2 aromatic carbocycles. The summed E-state index contributed by atoms with van der Waals surface area (Å²) < 4.78 is 33.5. The second-order valence-electron chi connectivity index (χ2n) is 6.29. The molecule has 164 valence electrons. The monoisotopic (exact) mass is 478 g/mol. The SMILES string of the molecule is CCCSc1nnc(NC(=O)CN(c2ccc(OC)cc2)S(=O)(=O)c2ccccc2)s1. The molecular weight excluding hydrogens is 456 g/mol. The molecule has 0 radical (unpaired) electrons. The number of carbonyl (C=O) groups is 1. The summed E-state index contributed by atoms with van der Waals surface area (Å²) in [5, 5.41) is 11.0. The minimum atomic E-state index is -3.97. The highest BCUT2D eigenvalue weighted by Gasteiger charge is 2.27. The molecule has 11 heteroatoms. The minimum Gasteiger partial charge on any atom is -0.497 e. The van der Waals surface area contributed by atoms with Gasteiger partial charge in [0.1, 0.15) is 12.3 Å². The van der Waals surface area contributed by atoms with Gasteiger partial charge >= 0.3 is 0 Å². The number of anilines is 2. The second-order valence-corrected chi connectivity index (χ2v) is 10.5. The van der Waals surface area contributed by atoms with Crippen molar-refractivity contribution in [3.05, 3.63) is 54.6 Å². The van der Waals surface area contributed by atoms with E-state index in [2.05, 4.69) is 22.4 Å². The van der Waals surface area contributed by atoms with E-state index in [0.717, 1.165) is 20.8 Å². The van der Waals surface area contributed by atoms with E-state index in [0.29, 0.717) is 16.6 Å². The van der Waals surface area contributed by atoms with Crippen LogP contribution in [0.25, 0.3) is 0 Å². The topological polar surface area (TPSA) is 101 Å². The van der Waals surface area contributed by atoms with Crippen molar-refractivity contribution in [2.24, 2.45) is 0 Å². The molecule has 0 saturated heterocycles. The van der Waals surface area contributed by atoms with Crippen LogP contribution in [0.1, 0.15) is 13.3 Å². The highest BCUT2D eigenvalue weighted by atomic mass is 32.2. The molecule has 31 heavy (non-hydrogen) atoms. The number of thioether (sulfide) groups is 1. The van der Waals surface area contributed by atoms with E-state index >= 15 is 0 Å². The maximum atomic E-state index is 13.3. The van der Waals surface area contributed by atoms with E-state index in [1.807, 2.05) is 0 Å². The van der Waals surface area contributed by atoms with Gasteiger partial charge in [0.25, 0.3) is 10.0 Å². The Labute approximate surface area is 189 Å². The first-order chi connectivity index (χ1) is 14.9. The van der Waals surface area contributed by atoms with Crippen molar-refractivity contribution in [2.45, 2.75) is 22.6 Å². The zero-order valence-electron chi connectivity index (χ0n) is 17.0. The van der Waals surface area contributed by atoms with E-state index in [1.54, 1.807) is 54.2 Å². The molecule has 1 N–H and O–H groups in total. The molecule has 0 unspecified atom stereocenters. The minimum absolute atomic E-state index is 0.0905. The summed E-state index contributed by atoms with van der Waals surface area (Å²) in [6.45, 7) is 1.65. The summed E-state index contributed by atoms with van der Waals surface area (Å²) in [7, 11) is -2.45. The summed E-state index contributed by atoms with van der Waals surface area (Å²) in [6, 6.07) is 14.5. The predicted molar refractivity (Wildman–Crippen MR) is 124 cm³/mol. The third-order valence-corrected chi connectivity index (χ3v) is 8.03. The Morgan fingerprint density at radius 2 is 1.84 bits per heavy atom. The lowest BCUT2D eigenvalue weighted by molar-refractivity contribution is -0.114. The van der Waals surface area contributed by atoms with Crippen LogP contribution < -0.4 is 14.4 Å². The second kappa shape index (κ2) is 10.6. The lowest BCUT2D eigenvalue weighted by atomic mass is 10.3. The van der Waals surface area contributed by atoms with Crippen molar-refractivity contribution in [3.63, 3.8) is 0 Å². The quantitative estimate of drug-likeness (QED) is 0.348. The molecule has 1 amide bonds. The number of nitrogens with zero attached hydrogens (tertiary/aromatic N) is 3. The predicted octanol–water partition coefficient (Wildman–Crippen LogP) is 3.88. The van der Waals surface area contributed by atoms with Crippen molar-refractivity contribution in [1.29, 1.82) is 0 Å². The summed E-state index contributed by atoms with van der Waals surface area (Å²) in [5.41, 5.74) is 0.344. The van der Waals surface area contributed by atoms with Crippen molar-refractivity contribution in [3.8, 4) is 5.75 Å². The molecule has 0 aliphatic carbocycles. The molecule has 0 aliphatic heterocycles. The first kappa shape index (κ1) is 23.0. The van der Waals surface area contributed by atoms with Crippen LogP contribution >= 0.6 is 23.1 Å². The van der Waals surface area contributed by atoms with E-state index in [4.69, 9.17) is 4.74 Å². The third-order valence-electron chi connectivity index (χ3n) is 4.06. The van der Waals surface area contributed by atoms with E-state index in [1.165, 1.54) is 30.6 Å². The number of methoxy groups -OCH3 is 1. The highest BCUT2D eigenvalue weighted by molar-refractivity contribution is 8.01. The van der Waals surface area contributed by atoms with Gasteiger partial charge in [0.05, 0.1) is 17.7 Å². The van der Waals surface area contributed by atoms with Gasteiger partial charge in [-0.1, -0.05) is 48.2 Å². The number of carbonyl (C=O) groups excluding carboxylic acids is 1. The molecule has 3 rings (SSSR count). The molecule has 0 aliphatic rings. The average molecular weight is 479 g/mol. The largest absolute Gasteiger partial charge is 0.497 e. The van der Waals surface area contributed by atoms with Gasteiger partial charge in [-0.2, -0.15) is 0 Å². The molecule has 0 fully saturated rings. The van der Waals surface area contributed by atoms with Crippen molar-refractivity contribution in [1.82, 2.24) is 10.2 Å². The van der Waals surface area contributed by atoms with Crippen LogP contribution in [0.4, 0.5) is 10.8 Å². The van der Waals surface area contributed by atoms with Crippen molar-refractivity contribution < 1.29 is 17.9 Å². The van der Waals surface area contributed by atoms with Crippen LogP contribution in [0.5, 0.6) is 5.75 Å². The Morgan fingerprint density at radius 1 is 1.13 bits per heavy atom. The maximum absolute atomic E-state index is 13.3. The summed E-state index contributed by atoms with van der Waals surface area (Å²) in [6.07, 6.45) is 1.00. The van der Waals surface area contributed by atoms with Crippen molar-refractivity contribution in [2.75, 3.05) is 29.0 Å². The number of sulfonamides is 1. The fraction of sp³-hybridized carbons (Fsp3) is 0.250. The smallest absolute Gasteiger partial charge is 0.264 e. The first-order valence-corrected chi connectivity index (χ1v) is 12.7. The zero-order chi connectivity index (χ0) is 22.3. The van der Waals surface area contributed by atoms with E-state index < -0.39 is 22.5 Å². The number of rotatable bonds is 10. The van der Waals surface area contributed by atoms with Gasteiger partial charge in [-0.15, -0.1) is 10.2 Å². The van der Waals surface area contributed by atoms with E-state index in [-0.39, 0.29) is 4.90 Å². The Hall–Kier alpha value is -2.63. The van der Waals surface area contributed by atoms with Crippen LogP contribution in [-0.2, 0) is 14.8 Å². The highest BCUT2D eigenvalue weighted by Crippen LogP contribution is 2.27. The molecule has 0 saturated carbocycles. The molecule has 8 nitrogen and oxygen atoms in total. The van der Waals surface area contributed by atoms with Gasteiger partial charge in [-0.3, -0.25) is 14.4 Å². The Balaban J connectivity index is 1.84. The van der Waals surface area contributed by atoms with Crippen molar-refractivity contribution >= 4 is 49.8 Å². The third kappa shape index (κ3) is 5.96. The number of ether oxygens (including phenoxy) is 1. The fourth-order valence-electron chi connectivity index (χ4n) is 2.58. The standard InChI is InChI=1S/C20H22N4O4S3/c1-3-13-29-20-23-22-19(30-20)21-18(25)14-24(15-9-11-16(28-2)12-10-15)31(26,27)17-7-5-4-6-8-17/h4-12H,3,13-14H2,1-2H3,(H,21,22,25). The summed E-state index contributed by atoms with van der Waals surface area (Å²) in [4.78, 5) is 12.8.